The quantitative estimate of drug-likeness (QED) is 0.635. The number of rotatable bonds is 2. The molecular formula is C22H16ClFN4O2. The summed E-state index contributed by atoms with van der Waals surface area (Å²) < 4.78 is 13.4. The van der Waals surface area contributed by atoms with Crippen molar-refractivity contribution >= 4 is 23.4 Å². The van der Waals surface area contributed by atoms with Crippen LogP contribution in [-0.4, -0.2) is 44.7 Å². The van der Waals surface area contributed by atoms with E-state index < -0.39 is 11.5 Å². The van der Waals surface area contributed by atoms with Crippen LogP contribution >= 0.6 is 11.6 Å². The van der Waals surface area contributed by atoms with Crippen molar-refractivity contribution < 1.29 is 14.0 Å². The minimum absolute atomic E-state index is 0.199. The van der Waals surface area contributed by atoms with Crippen LogP contribution in [0.5, 0.6) is 0 Å². The minimum atomic E-state index is -1.13. The second-order valence-corrected chi connectivity index (χ2v) is 7.71. The Morgan fingerprint density at radius 2 is 1.87 bits per heavy atom. The van der Waals surface area contributed by atoms with Crippen LogP contribution in [0.3, 0.4) is 0 Å². The maximum atomic E-state index is 13.5. The van der Waals surface area contributed by atoms with Crippen molar-refractivity contribution in [1.29, 1.82) is 0 Å². The summed E-state index contributed by atoms with van der Waals surface area (Å²) in [6.45, 7) is 0.671. The topological polar surface area (TPSA) is 66.4 Å². The molecule has 2 amide bonds. The molecular weight excluding hydrogens is 407 g/mol. The molecule has 1 atom stereocenters. The number of aromatic nitrogens is 2. The number of halogens is 2. The Bertz CT molecular complexity index is 1150. The van der Waals surface area contributed by atoms with Gasteiger partial charge >= 0.3 is 0 Å². The summed E-state index contributed by atoms with van der Waals surface area (Å²) in [5.41, 5.74) is 0.872. The van der Waals surface area contributed by atoms with Gasteiger partial charge in [0, 0.05) is 37.5 Å². The maximum absolute atomic E-state index is 13.5. The lowest BCUT2D eigenvalue weighted by molar-refractivity contribution is 0.00490. The van der Waals surface area contributed by atoms with Gasteiger partial charge in [-0.2, -0.15) is 0 Å². The van der Waals surface area contributed by atoms with Gasteiger partial charge < -0.3 is 9.80 Å². The lowest BCUT2D eigenvalue weighted by atomic mass is 9.88. The predicted molar refractivity (Wildman–Crippen MR) is 107 cm³/mol. The Labute approximate surface area is 176 Å². The van der Waals surface area contributed by atoms with Gasteiger partial charge in [-0.3, -0.25) is 19.6 Å². The zero-order valence-corrected chi connectivity index (χ0v) is 16.5. The molecule has 2 aliphatic rings. The first-order valence-corrected chi connectivity index (χ1v) is 9.84. The molecule has 0 unspecified atom stereocenters. The summed E-state index contributed by atoms with van der Waals surface area (Å²) in [6.07, 6.45) is 3.43. The lowest BCUT2D eigenvalue weighted by Crippen LogP contribution is -2.59. The van der Waals surface area contributed by atoms with Gasteiger partial charge in [-0.25, -0.2) is 4.39 Å². The molecule has 0 aliphatic carbocycles. The molecule has 2 aromatic heterocycles. The Hall–Kier alpha value is -3.32. The Kier molecular flexibility index (Phi) is 4.29. The van der Waals surface area contributed by atoms with E-state index in [1.807, 2.05) is 0 Å². The van der Waals surface area contributed by atoms with Gasteiger partial charge in [-0.1, -0.05) is 11.6 Å². The summed E-state index contributed by atoms with van der Waals surface area (Å²) in [5.74, 6) is -0.924. The van der Waals surface area contributed by atoms with Crippen molar-refractivity contribution in [2.45, 2.75) is 12.1 Å². The molecule has 6 nitrogen and oxygen atoms in total. The molecule has 1 fully saturated rings. The van der Waals surface area contributed by atoms with Gasteiger partial charge in [-0.05, 0) is 48.5 Å². The molecule has 150 valence electrons. The molecule has 3 aromatic rings. The van der Waals surface area contributed by atoms with Gasteiger partial charge in [-0.15, -0.1) is 0 Å². The van der Waals surface area contributed by atoms with Gasteiger partial charge in [0.1, 0.15) is 5.82 Å². The van der Waals surface area contributed by atoms with Crippen LogP contribution < -0.4 is 0 Å². The molecule has 8 heteroatoms. The van der Waals surface area contributed by atoms with Gasteiger partial charge in [0.2, 0.25) is 0 Å². The number of hydrogen-bond donors (Lipinski definition) is 0. The summed E-state index contributed by atoms with van der Waals surface area (Å²) in [6, 6.07) is 12.3. The van der Waals surface area contributed by atoms with Crippen molar-refractivity contribution in [3.05, 3.63) is 94.3 Å². The van der Waals surface area contributed by atoms with Gasteiger partial charge in [0.25, 0.3) is 11.8 Å². The van der Waals surface area contributed by atoms with Crippen LogP contribution in [0.15, 0.2) is 60.9 Å². The fourth-order valence-electron chi connectivity index (χ4n) is 4.33. The smallest absolute Gasteiger partial charge is 0.257 e. The van der Waals surface area contributed by atoms with Crippen molar-refractivity contribution in [1.82, 2.24) is 19.8 Å². The highest BCUT2D eigenvalue weighted by Crippen LogP contribution is 2.44. The Balaban J connectivity index is 1.68. The zero-order valence-electron chi connectivity index (χ0n) is 15.8. The average molecular weight is 423 g/mol. The highest BCUT2D eigenvalue weighted by atomic mass is 35.5. The summed E-state index contributed by atoms with van der Waals surface area (Å²) in [4.78, 5) is 39.0. The number of amides is 2. The number of benzene rings is 1. The number of nitrogens with zero attached hydrogens (tertiary/aromatic N) is 4. The first-order chi connectivity index (χ1) is 14.5. The maximum Gasteiger partial charge on any atom is 0.257 e. The third kappa shape index (κ3) is 2.69. The number of carbonyl (C=O) groups is 2. The number of hydrogen-bond acceptors (Lipinski definition) is 4. The Morgan fingerprint density at radius 3 is 2.60 bits per heavy atom. The van der Waals surface area contributed by atoms with E-state index in [0.29, 0.717) is 47.0 Å². The second kappa shape index (κ2) is 6.88. The van der Waals surface area contributed by atoms with E-state index in [0.717, 1.165) is 0 Å². The van der Waals surface area contributed by atoms with Crippen molar-refractivity contribution in [3.8, 4) is 0 Å². The van der Waals surface area contributed by atoms with Crippen molar-refractivity contribution in [2.24, 2.45) is 0 Å². The second-order valence-electron chi connectivity index (χ2n) is 7.27. The number of fused-ring (bicyclic) bond motifs is 2. The van der Waals surface area contributed by atoms with E-state index in [1.165, 1.54) is 30.5 Å². The molecule has 0 spiro atoms. The van der Waals surface area contributed by atoms with Crippen LogP contribution in [0.4, 0.5) is 4.39 Å². The van der Waals surface area contributed by atoms with Crippen LogP contribution in [0, 0.1) is 5.82 Å². The highest BCUT2D eigenvalue weighted by molar-refractivity contribution is 6.30. The molecule has 0 saturated carbocycles. The normalized spacial score (nSPS) is 20.1. The summed E-state index contributed by atoms with van der Waals surface area (Å²) in [5, 5.41) is 0.455. The minimum Gasteiger partial charge on any atom is -0.308 e. The largest absolute Gasteiger partial charge is 0.308 e. The number of carbonyl (C=O) groups excluding carboxylic acids is 2. The fraction of sp³-hybridized carbons (Fsp3) is 0.182. The third-order valence-corrected chi connectivity index (χ3v) is 5.92. The standard InChI is InChI=1S/C22H16ClFN4O2/c23-15-5-8-19(26-13-15)22-12-18-17(2-1-9-25-18)21(30)28(22)11-10-27(22)20(29)14-3-6-16(24)7-4-14/h1-9,13H,10-12H2/t22-/m0/s1. The van der Waals surface area contributed by atoms with Gasteiger partial charge in [0.05, 0.1) is 22.0 Å². The van der Waals surface area contributed by atoms with Crippen LogP contribution in [0.2, 0.25) is 5.02 Å². The SMILES string of the molecule is O=C(c1ccc(F)cc1)N1CCN2C(=O)c3cccnc3C[C@]12c1ccc(Cl)cn1. The van der Waals surface area contributed by atoms with Crippen LogP contribution in [0.25, 0.3) is 0 Å². The van der Waals surface area contributed by atoms with Gasteiger partial charge in [0.15, 0.2) is 5.66 Å². The summed E-state index contributed by atoms with van der Waals surface area (Å²) in [7, 11) is 0. The lowest BCUT2D eigenvalue weighted by Gasteiger charge is -2.46. The molecule has 0 N–H and O–H groups in total. The monoisotopic (exact) mass is 422 g/mol. The zero-order chi connectivity index (χ0) is 20.9. The fourth-order valence-corrected chi connectivity index (χ4v) is 4.44. The molecule has 1 aromatic carbocycles. The first-order valence-electron chi connectivity index (χ1n) is 9.46. The molecule has 1 saturated heterocycles. The summed E-state index contributed by atoms with van der Waals surface area (Å²) >= 11 is 6.04. The van der Waals surface area contributed by atoms with Crippen molar-refractivity contribution in [3.63, 3.8) is 0 Å². The van der Waals surface area contributed by atoms with Crippen LogP contribution in [-0.2, 0) is 12.1 Å². The third-order valence-electron chi connectivity index (χ3n) is 5.69. The molecule has 0 bridgehead atoms. The molecule has 4 heterocycles. The molecule has 5 rings (SSSR count). The van der Waals surface area contributed by atoms with Crippen molar-refractivity contribution in [2.75, 3.05) is 13.1 Å². The highest BCUT2D eigenvalue weighted by Gasteiger charge is 2.57. The van der Waals surface area contributed by atoms with E-state index >= 15 is 0 Å². The Morgan fingerprint density at radius 1 is 1.07 bits per heavy atom. The first kappa shape index (κ1) is 18.7. The molecule has 30 heavy (non-hydrogen) atoms. The van der Waals surface area contributed by atoms with Crippen LogP contribution in [0.1, 0.15) is 32.1 Å². The van der Waals surface area contributed by atoms with E-state index in [2.05, 4.69) is 9.97 Å². The van der Waals surface area contributed by atoms with E-state index in [-0.39, 0.29) is 11.8 Å². The van der Waals surface area contributed by atoms with E-state index in [4.69, 9.17) is 11.6 Å². The number of pyridine rings is 2. The molecule has 0 radical (unpaired) electrons. The predicted octanol–water partition coefficient (Wildman–Crippen LogP) is 3.28. The van der Waals surface area contributed by atoms with E-state index in [1.54, 1.807) is 40.3 Å². The van der Waals surface area contributed by atoms with E-state index in [9.17, 15) is 14.0 Å². The molecule has 2 aliphatic heterocycles. The average Bonchev–Trinajstić information content (AvgIpc) is 3.15.